The summed E-state index contributed by atoms with van der Waals surface area (Å²) in [6.07, 6.45) is -14.1. The Morgan fingerprint density at radius 3 is 1.55 bits per heavy atom. The maximum Gasteiger partial charge on any atom is 0.437 e. The summed E-state index contributed by atoms with van der Waals surface area (Å²) in [5, 5.41) is 0. The van der Waals surface area contributed by atoms with Gasteiger partial charge in [-0.3, -0.25) is 0 Å². The van der Waals surface area contributed by atoms with E-state index < -0.39 is 48.6 Å². The SMILES string of the molecule is CCC1CCC(C(F)(F)C(F)(C(F)(F)F)C(F)(F)F)C1. The van der Waals surface area contributed by atoms with Crippen molar-refractivity contribution < 1.29 is 39.5 Å². The minimum atomic E-state index is -6.72. The van der Waals surface area contributed by atoms with Crippen LogP contribution in [0.25, 0.3) is 0 Å². The molecule has 1 fully saturated rings. The van der Waals surface area contributed by atoms with E-state index in [4.69, 9.17) is 0 Å². The molecule has 0 aromatic carbocycles. The smallest absolute Gasteiger partial charge is 0.217 e. The molecule has 0 radical (unpaired) electrons. The number of alkyl halides is 9. The van der Waals surface area contributed by atoms with E-state index >= 15 is 0 Å². The molecule has 2 unspecified atom stereocenters. The van der Waals surface area contributed by atoms with Crippen molar-refractivity contribution in [1.82, 2.24) is 0 Å². The Hall–Kier alpha value is -0.630. The van der Waals surface area contributed by atoms with Crippen LogP contribution in [0.15, 0.2) is 0 Å². The largest absolute Gasteiger partial charge is 0.437 e. The predicted octanol–water partition coefficient (Wildman–Crippen LogP) is 5.28. The standard InChI is InChI=1S/C11H13F9/c1-2-6-3-4-7(5-6)8(12,13)9(14,10(15,16)17)11(18,19)20/h6-7H,2-5H2,1H3. The summed E-state index contributed by atoms with van der Waals surface area (Å²) in [5.74, 6) is -8.20. The van der Waals surface area contributed by atoms with Crippen LogP contribution in [0.5, 0.6) is 0 Å². The number of halogens is 9. The van der Waals surface area contributed by atoms with Crippen LogP contribution in [0.3, 0.4) is 0 Å². The summed E-state index contributed by atoms with van der Waals surface area (Å²) in [6.45, 7) is 1.58. The van der Waals surface area contributed by atoms with Crippen LogP contribution in [0, 0.1) is 11.8 Å². The van der Waals surface area contributed by atoms with Gasteiger partial charge in [-0.25, -0.2) is 13.2 Å². The minimum Gasteiger partial charge on any atom is -0.217 e. The van der Waals surface area contributed by atoms with Crippen molar-refractivity contribution in [1.29, 1.82) is 0 Å². The van der Waals surface area contributed by atoms with E-state index in [1.165, 1.54) is 0 Å². The second-order valence-electron chi connectivity index (χ2n) is 5.06. The highest BCUT2D eigenvalue weighted by Crippen LogP contribution is 2.59. The van der Waals surface area contributed by atoms with Gasteiger partial charge in [0.1, 0.15) is 0 Å². The summed E-state index contributed by atoms with van der Waals surface area (Å²) in [4.78, 5) is 0. The average Bonchev–Trinajstić information content (AvgIpc) is 2.73. The van der Waals surface area contributed by atoms with E-state index in [-0.39, 0.29) is 6.42 Å². The second-order valence-corrected chi connectivity index (χ2v) is 5.06. The molecule has 20 heavy (non-hydrogen) atoms. The van der Waals surface area contributed by atoms with Gasteiger partial charge in [-0.1, -0.05) is 13.3 Å². The van der Waals surface area contributed by atoms with Crippen molar-refractivity contribution in [2.45, 2.75) is 56.6 Å². The van der Waals surface area contributed by atoms with Crippen LogP contribution < -0.4 is 0 Å². The lowest BCUT2D eigenvalue weighted by atomic mass is 9.84. The van der Waals surface area contributed by atoms with Crippen molar-refractivity contribution in [3.05, 3.63) is 0 Å². The fourth-order valence-corrected chi connectivity index (χ4v) is 2.59. The molecule has 9 heteroatoms. The molecule has 120 valence electrons. The monoisotopic (exact) mass is 316 g/mol. The van der Waals surface area contributed by atoms with E-state index in [0.717, 1.165) is 0 Å². The predicted molar refractivity (Wildman–Crippen MR) is 52.0 cm³/mol. The van der Waals surface area contributed by atoms with Crippen LogP contribution >= 0.6 is 0 Å². The fourth-order valence-electron chi connectivity index (χ4n) is 2.59. The first-order valence-electron chi connectivity index (χ1n) is 5.99. The summed E-state index contributed by atoms with van der Waals surface area (Å²) < 4.78 is 115. The molecule has 1 rings (SSSR count). The molecule has 0 aromatic heterocycles. The molecule has 0 bridgehead atoms. The zero-order chi connectivity index (χ0) is 16.0. The third-order valence-corrected chi connectivity index (χ3v) is 3.87. The van der Waals surface area contributed by atoms with E-state index in [0.29, 0.717) is 6.42 Å². The van der Waals surface area contributed by atoms with Gasteiger partial charge in [0.2, 0.25) is 0 Å². The van der Waals surface area contributed by atoms with Crippen LogP contribution in [0.4, 0.5) is 39.5 Å². The van der Waals surface area contributed by atoms with Crippen molar-refractivity contribution >= 4 is 0 Å². The molecule has 0 heterocycles. The van der Waals surface area contributed by atoms with Gasteiger partial charge in [0, 0.05) is 5.92 Å². The Bertz CT molecular complexity index is 327. The van der Waals surface area contributed by atoms with Crippen molar-refractivity contribution in [3.63, 3.8) is 0 Å². The van der Waals surface area contributed by atoms with Gasteiger partial charge in [0.15, 0.2) is 0 Å². The summed E-state index contributed by atoms with van der Waals surface area (Å²) in [7, 11) is 0. The topological polar surface area (TPSA) is 0 Å². The third kappa shape index (κ3) is 2.47. The Labute approximate surface area is 109 Å². The average molecular weight is 316 g/mol. The van der Waals surface area contributed by atoms with Gasteiger partial charge >= 0.3 is 23.9 Å². The molecule has 0 aromatic rings. The summed E-state index contributed by atoms with van der Waals surface area (Å²) >= 11 is 0. The second kappa shape index (κ2) is 4.98. The van der Waals surface area contributed by atoms with E-state index in [2.05, 4.69) is 0 Å². The highest BCUT2D eigenvalue weighted by Gasteiger charge is 2.85. The van der Waals surface area contributed by atoms with E-state index in [1.54, 1.807) is 6.92 Å². The molecule has 0 amide bonds. The first-order valence-corrected chi connectivity index (χ1v) is 5.99. The normalized spacial score (nSPS) is 26.1. The maximum absolute atomic E-state index is 13.7. The number of hydrogen-bond donors (Lipinski definition) is 0. The number of rotatable bonds is 3. The quantitative estimate of drug-likeness (QED) is 0.621. The molecule has 2 atom stereocenters. The first kappa shape index (κ1) is 17.4. The fraction of sp³-hybridized carbons (Fsp3) is 1.00. The van der Waals surface area contributed by atoms with Gasteiger partial charge in [-0.05, 0) is 25.2 Å². The Kier molecular flexibility index (Phi) is 4.34. The molecule has 1 aliphatic carbocycles. The molecule has 0 aliphatic heterocycles. The Morgan fingerprint density at radius 2 is 1.25 bits per heavy atom. The van der Waals surface area contributed by atoms with Crippen LogP contribution in [0.2, 0.25) is 0 Å². The maximum atomic E-state index is 13.7. The van der Waals surface area contributed by atoms with Crippen LogP contribution in [-0.2, 0) is 0 Å². The molecule has 1 aliphatic rings. The Balaban J connectivity index is 3.20. The van der Waals surface area contributed by atoms with Gasteiger partial charge in [0.05, 0.1) is 0 Å². The molecule has 0 spiro atoms. The van der Waals surface area contributed by atoms with E-state index in [1.807, 2.05) is 0 Å². The highest BCUT2D eigenvalue weighted by molar-refractivity contribution is 5.08. The molecule has 0 nitrogen and oxygen atoms in total. The zero-order valence-corrected chi connectivity index (χ0v) is 10.4. The van der Waals surface area contributed by atoms with Crippen molar-refractivity contribution in [3.8, 4) is 0 Å². The highest BCUT2D eigenvalue weighted by atomic mass is 19.4. The summed E-state index contributed by atoms with van der Waals surface area (Å²) in [5.41, 5.74) is -6.51. The summed E-state index contributed by atoms with van der Waals surface area (Å²) in [6, 6.07) is 0. The molecular weight excluding hydrogens is 303 g/mol. The lowest BCUT2D eigenvalue weighted by Gasteiger charge is -2.39. The van der Waals surface area contributed by atoms with Gasteiger partial charge in [-0.15, -0.1) is 0 Å². The van der Waals surface area contributed by atoms with Crippen LogP contribution in [0.1, 0.15) is 32.6 Å². The lowest BCUT2D eigenvalue weighted by Crippen LogP contribution is -2.66. The molecule has 0 N–H and O–H groups in total. The third-order valence-electron chi connectivity index (χ3n) is 3.87. The minimum absolute atomic E-state index is 0.0720. The van der Waals surface area contributed by atoms with Crippen molar-refractivity contribution in [2.75, 3.05) is 0 Å². The van der Waals surface area contributed by atoms with E-state index in [9.17, 15) is 39.5 Å². The molecule has 1 saturated carbocycles. The Morgan fingerprint density at radius 1 is 0.800 bits per heavy atom. The lowest BCUT2D eigenvalue weighted by molar-refractivity contribution is -0.404. The van der Waals surface area contributed by atoms with Gasteiger partial charge in [0.25, 0.3) is 0 Å². The van der Waals surface area contributed by atoms with Crippen LogP contribution in [-0.4, -0.2) is 23.9 Å². The number of hydrogen-bond acceptors (Lipinski definition) is 0. The first-order chi connectivity index (χ1) is 8.79. The molecule has 0 saturated heterocycles. The van der Waals surface area contributed by atoms with Gasteiger partial charge in [-0.2, -0.15) is 26.3 Å². The zero-order valence-electron chi connectivity index (χ0n) is 10.4. The molecular formula is C11H13F9. The van der Waals surface area contributed by atoms with Crippen molar-refractivity contribution in [2.24, 2.45) is 11.8 Å². The van der Waals surface area contributed by atoms with Gasteiger partial charge < -0.3 is 0 Å².